The second-order valence-electron chi connectivity index (χ2n) is 5.89. The first-order chi connectivity index (χ1) is 7.39. The van der Waals surface area contributed by atoms with Crippen LogP contribution in [-0.2, 0) is 6.42 Å². The summed E-state index contributed by atoms with van der Waals surface area (Å²) in [4.78, 5) is 0. The van der Waals surface area contributed by atoms with E-state index in [0.717, 1.165) is 17.9 Å². The Kier molecular flexibility index (Phi) is 3.02. The molecule has 0 saturated heterocycles. The van der Waals surface area contributed by atoms with E-state index >= 15 is 0 Å². The van der Waals surface area contributed by atoms with Gasteiger partial charge in [0.25, 0.3) is 0 Å². The molecule has 0 saturated carbocycles. The number of hydrogen-bond donors (Lipinski definition) is 1. The molecule has 1 aliphatic carbocycles. The van der Waals surface area contributed by atoms with Gasteiger partial charge in [0.05, 0.1) is 0 Å². The van der Waals surface area contributed by atoms with Crippen molar-refractivity contribution in [2.45, 2.75) is 45.6 Å². The lowest BCUT2D eigenvalue weighted by Crippen LogP contribution is -2.40. The van der Waals surface area contributed by atoms with Gasteiger partial charge in [-0.2, -0.15) is 0 Å². The maximum absolute atomic E-state index is 6.29. The number of benzene rings is 1. The van der Waals surface area contributed by atoms with E-state index in [1.54, 1.807) is 0 Å². The number of rotatable bonds is 0. The number of aryl methyl sites for hydroxylation is 1. The summed E-state index contributed by atoms with van der Waals surface area (Å²) >= 11 is 6.10. The van der Waals surface area contributed by atoms with Gasteiger partial charge in [-0.1, -0.05) is 38.4 Å². The van der Waals surface area contributed by atoms with Crippen LogP contribution in [0.25, 0.3) is 0 Å². The van der Waals surface area contributed by atoms with Crippen molar-refractivity contribution in [2.75, 3.05) is 0 Å². The van der Waals surface area contributed by atoms with Crippen molar-refractivity contribution in [2.24, 2.45) is 11.1 Å². The Morgan fingerprint density at radius 1 is 1.31 bits per heavy atom. The molecular weight excluding hydrogens is 218 g/mol. The second kappa shape index (κ2) is 4.05. The van der Waals surface area contributed by atoms with Gasteiger partial charge >= 0.3 is 0 Å². The van der Waals surface area contributed by atoms with Crippen LogP contribution >= 0.6 is 11.6 Å². The SMILES string of the molecule is CC(C)(C)C1c2cc(Cl)ccc2CCC1N. The highest BCUT2D eigenvalue weighted by Crippen LogP contribution is 2.43. The zero-order chi connectivity index (χ0) is 11.9. The van der Waals surface area contributed by atoms with Crippen LogP contribution < -0.4 is 5.73 Å². The molecule has 1 nitrogen and oxygen atoms in total. The van der Waals surface area contributed by atoms with E-state index in [0.29, 0.717) is 5.92 Å². The highest BCUT2D eigenvalue weighted by atomic mass is 35.5. The zero-order valence-corrected chi connectivity index (χ0v) is 11.0. The molecule has 0 aromatic heterocycles. The first kappa shape index (κ1) is 11.9. The van der Waals surface area contributed by atoms with E-state index in [2.05, 4.69) is 32.9 Å². The molecule has 2 heteroatoms. The maximum atomic E-state index is 6.29. The maximum Gasteiger partial charge on any atom is 0.0409 e. The minimum Gasteiger partial charge on any atom is -0.327 e. The van der Waals surface area contributed by atoms with Crippen LogP contribution in [0.4, 0.5) is 0 Å². The predicted octanol–water partition coefficient (Wildman–Crippen LogP) is 3.74. The second-order valence-corrected chi connectivity index (χ2v) is 6.33. The highest BCUT2D eigenvalue weighted by molar-refractivity contribution is 6.30. The third-order valence-electron chi connectivity index (χ3n) is 3.55. The minimum atomic E-state index is 0.194. The van der Waals surface area contributed by atoms with E-state index in [1.165, 1.54) is 11.1 Å². The van der Waals surface area contributed by atoms with Gasteiger partial charge in [-0.25, -0.2) is 0 Å². The molecule has 2 rings (SSSR count). The molecule has 0 radical (unpaired) electrons. The quantitative estimate of drug-likeness (QED) is 0.731. The molecule has 1 aromatic rings. The predicted molar refractivity (Wildman–Crippen MR) is 69.9 cm³/mol. The molecule has 2 N–H and O–H groups in total. The summed E-state index contributed by atoms with van der Waals surface area (Å²) in [6, 6.07) is 6.50. The molecule has 0 bridgehead atoms. The zero-order valence-electron chi connectivity index (χ0n) is 10.3. The van der Waals surface area contributed by atoms with Crippen molar-refractivity contribution in [3.8, 4) is 0 Å². The van der Waals surface area contributed by atoms with E-state index in [1.807, 2.05) is 6.07 Å². The molecule has 0 heterocycles. The van der Waals surface area contributed by atoms with Crippen molar-refractivity contribution >= 4 is 11.6 Å². The van der Waals surface area contributed by atoms with Gasteiger partial charge in [-0.15, -0.1) is 0 Å². The topological polar surface area (TPSA) is 26.0 Å². The van der Waals surface area contributed by atoms with Crippen molar-refractivity contribution in [3.63, 3.8) is 0 Å². The van der Waals surface area contributed by atoms with E-state index < -0.39 is 0 Å². The van der Waals surface area contributed by atoms with Crippen LogP contribution in [0.15, 0.2) is 18.2 Å². The first-order valence-electron chi connectivity index (χ1n) is 5.93. The lowest BCUT2D eigenvalue weighted by molar-refractivity contribution is 0.260. The molecule has 1 aliphatic rings. The number of halogens is 1. The fourth-order valence-corrected chi connectivity index (χ4v) is 3.09. The Morgan fingerprint density at radius 2 is 2.00 bits per heavy atom. The van der Waals surface area contributed by atoms with Crippen LogP contribution in [0.2, 0.25) is 5.02 Å². The van der Waals surface area contributed by atoms with Crippen molar-refractivity contribution in [1.29, 1.82) is 0 Å². The van der Waals surface area contributed by atoms with E-state index in [9.17, 15) is 0 Å². The summed E-state index contributed by atoms with van der Waals surface area (Å²) in [5, 5.41) is 0.821. The summed E-state index contributed by atoms with van der Waals surface area (Å²) in [6.45, 7) is 6.77. The summed E-state index contributed by atoms with van der Waals surface area (Å²) < 4.78 is 0. The Balaban J connectivity index is 2.51. The Morgan fingerprint density at radius 3 is 2.62 bits per heavy atom. The largest absolute Gasteiger partial charge is 0.327 e. The van der Waals surface area contributed by atoms with Crippen LogP contribution in [0.5, 0.6) is 0 Å². The fraction of sp³-hybridized carbons (Fsp3) is 0.571. The summed E-state index contributed by atoms with van der Waals surface area (Å²) in [5.74, 6) is 0.412. The first-order valence-corrected chi connectivity index (χ1v) is 6.31. The lowest BCUT2D eigenvalue weighted by atomic mass is 9.67. The number of nitrogens with two attached hydrogens (primary N) is 1. The molecule has 0 fully saturated rings. The molecule has 0 amide bonds. The third-order valence-corrected chi connectivity index (χ3v) is 3.79. The van der Waals surface area contributed by atoms with E-state index in [-0.39, 0.29) is 11.5 Å². The normalized spacial score (nSPS) is 25.3. The summed E-state index contributed by atoms with van der Waals surface area (Å²) in [5.41, 5.74) is 9.26. The van der Waals surface area contributed by atoms with Crippen molar-refractivity contribution < 1.29 is 0 Å². The van der Waals surface area contributed by atoms with Crippen LogP contribution in [0.3, 0.4) is 0 Å². The monoisotopic (exact) mass is 237 g/mol. The Labute approximate surface area is 103 Å². The van der Waals surface area contributed by atoms with Gasteiger partial charge in [0.1, 0.15) is 0 Å². The Hall–Kier alpha value is -0.530. The fourth-order valence-electron chi connectivity index (χ4n) is 2.91. The minimum absolute atomic E-state index is 0.194. The molecular formula is C14H20ClN. The van der Waals surface area contributed by atoms with Crippen LogP contribution in [0.1, 0.15) is 44.2 Å². The molecule has 16 heavy (non-hydrogen) atoms. The molecule has 88 valence electrons. The Bertz CT molecular complexity index is 392. The molecule has 0 aliphatic heterocycles. The highest BCUT2D eigenvalue weighted by Gasteiger charge is 2.35. The summed E-state index contributed by atoms with van der Waals surface area (Å²) in [6.07, 6.45) is 2.16. The average molecular weight is 238 g/mol. The van der Waals surface area contributed by atoms with Gasteiger partial charge < -0.3 is 5.73 Å². The number of fused-ring (bicyclic) bond motifs is 1. The van der Waals surface area contributed by atoms with Gasteiger partial charge in [-0.3, -0.25) is 0 Å². The van der Waals surface area contributed by atoms with Crippen molar-refractivity contribution in [1.82, 2.24) is 0 Å². The van der Waals surface area contributed by atoms with Gasteiger partial charge in [0.2, 0.25) is 0 Å². The third kappa shape index (κ3) is 2.11. The van der Waals surface area contributed by atoms with Crippen LogP contribution in [-0.4, -0.2) is 6.04 Å². The lowest BCUT2D eigenvalue weighted by Gasteiger charge is -2.40. The summed E-state index contributed by atoms with van der Waals surface area (Å²) in [7, 11) is 0. The van der Waals surface area contributed by atoms with Gasteiger partial charge in [0.15, 0.2) is 0 Å². The van der Waals surface area contributed by atoms with Crippen molar-refractivity contribution in [3.05, 3.63) is 34.3 Å². The smallest absolute Gasteiger partial charge is 0.0409 e. The average Bonchev–Trinajstić information content (AvgIpc) is 2.14. The molecule has 2 unspecified atom stereocenters. The molecule has 0 spiro atoms. The van der Waals surface area contributed by atoms with Gasteiger partial charge in [0, 0.05) is 17.0 Å². The number of hydrogen-bond acceptors (Lipinski definition) is 1. The standard InChI is InChI=1S/C14H20ClN/c1-14(2,3)13-11-8-10(15)6-4-9(11)5-7-12(13)16/h4,6,8,12-13H,5,7,16H2,1-3H3. The van der Waals surface area contributed by atoms with Crippen LogP contribution in [0, 0.1) is 5.41 Å². The molecule has 1 aromatic carbocycles. The molecule has 2 atom stereocenters. The van der Waals surface area contributed by atoms with E-state index in [4.69, 9.17) is 17.3 Å². The van der Waals surface area contributed by atoms with Gasteiger partial charge in [-0.05, 0) is 41.5 Å².